The molecule has 27 heavy (non-hydrogen) atoms. The number of rotatable bonds is 6. The zero-order valence-corrected chi connectivity index (χ0v) is 16.0. The molecule has 0 spiro atoms. The third-order valence-electron chi connectivity index (χ3n) is 4.37. The molecule has 0 atom stereocenters. The number of piperidine rings is 1. The first-order valence-corrected chi connectivity index (χ1v) is 8.93. The van der Waals surface area contributed by atoms with Gasteiger partial charge in [0.1, 0.15) is 18.0 Å². The van der Waals surface area contributed by atoms with E-state index in [1.165, 1.54) is 0 Å². The predicted molar refractivity (Wildman–Crippen MR) is 105 cm³/mol. The Balaban J connectivity index is 1.74. The molecule has 0 amide bonds. The van der Waals surface area contributed by atoms with Crippen molar-refractivity contribution >= 4 is 11.5 Å². The van der Waals surface area contributed by atoms with Crippen LogP contribution in [0.2, 0.25) is 0 Å². The molecule has 1 aromatic heterocycles. The molecule has 1 aliphatic heterocycles. The molecule has 6 heteroatoms. The molecule has 1 fully saturated rings. The molecule has 0 N–H and O–H groups in total. The number of ketones is 1. The summed E-state index contributed by atoms with van der Waals surface area (Å²) < 4.78 is 11.2. The number of nitrogens with zero attached hydrogens (tertiary/aromatic N) is 3. The van der Waals surface area contributed by atoms with Crippen LogP contribution in [0.1, 0.15) is 12.0 Å². The quantitative estimate of drug-likeness (QED) is 0.732. The molecule has 0 bridgehead atoms. The van der Waals surface area contributed by atoms with Gasteiger partial charge in [0.2, 0.25) is 5.88 Å². The Bertz CT molecular complexity index is 816. The zero-order chi connectivity index (χ0) is 19.2. The van der Waals surface area contributed by atoms with Crippen molar-refractivity contribution in [1.82, 2.24) is 9.88 Å². The summed E-state index contributed by atoms with van der Waals surface area (Å²) in [6.07, 6.45) is 4.10. The Kier molecular flexibility index (Phi) is 5.96. The van der Waals surface area contributed by atoms with Crippen LogP contribution in [0.3, 0.4) is 0 Å². The first-order valence-electron chi connectivity index (χ1n) is 8.93. The monoisotopic (exact) mass is 367 g/mol. The van der Waals surface area contributed by atoms with Crippen molar-refractivity contribution in [2.24, 2.45) is 0 Å². The standard InChI is InChI=1S/C21H25N3O3/c1-23(2)13-17-14-24(12-10-20(17)25)19-5-4-11-22-21(19)27-15-16-6-8-18(26-3)9-7-16/h4-9,11,13H,10,12,14-15H2,1-3H3/b17-13+. The highest BCUT2D eigenvalue weighted by Gasteiger charge is 2.24. The van der Waals surface area contributed by atoms with Gasteiger partial charge in [0.05, 0.1) is 7.11 Å². The summed E-state index contributed by atoms with van der Waals surface area (Å²) in [5, 5.41) is 0. The molecule has 1 aromatic carbocycles. The number of ether oxygens (including phenoxy) is 2. The summed E-state index contributed by atoms with van der Waals surface area (Å²) in [5.41, 5.74) is 2.74. The molecular weight excluding hydrogens is 342 g/mol. The number of hydrogen-bond acceptors (Lipinski definition) is 6. The third-order valence-corrected chi connectivity index (χ3v) is 4.37. The van der Waals surface area contributed by atoms with Gasteiger partial charge in [-0.05, 0) is 29.8 Å². The Morgan fingerprint density at radius 1 is 1.22 bits per heavy atom. The maximum Gasteiger partial charge on any atom is 0.237 e. The Morgan fingerprint density at radius 3 is 2.70 bits per heavy atom. The highest BCUT2D eigenvalue weighted by molar-refractivity contribution is 5.97. The minimum atomic E-state index is 0.199. The summed E-state index contributed by atoms with van der Waals surface area (Å²) >= 11 is 0. The van der Waals surface area contributed by atoms with E-state index in [1.54, 1.807) is 13.3 Å². The van der Waals surface area contributed by atoms with Crippen LogP contribution in [-0.2, 0) is 11.4 Å². The predicted octanol–water partition coefficient (Wildman–Crippen LogP) is 2.89. The average molecular weight is 367 g/mol. The number of carbonyl (C=O) groups is 1. The first kappa shape index (κ1) is 18.8. The van der Waals surface area contributed by atoms with Crippen molar-refractivity contribution in [1.29, 1.82) is 0 Å². The van der Waals surface area contributed by atoms with Crippen LogP contribution in [-0.4, -0.2) is 50.0 Å². The minimum absolute atomic E-state index is 0.199. The van der Waals surface area contributed by atoms with Gasteiger partial charge in [-0.15, -0.1) is 0 Å². The molecule has 142 valence electrons. The molecule has 6 nitrogen and oxygen atoms in total. The van der Waals surface area contributed by atoms with Crippen LogP contribution in [0.25, 0.3) is 0 Å². The maximum atomic E-state index is 12.2. The van der Waals surface area contributed by atoms with E-state index >= 15 is 0 Å². The molecule has 1 aliphatic rings. The number of Topliss-reactive ketones (excluding diaryl/α,β-unsaturated/α-hetero) is 1. The topological polar surface area (TPSA) is 54.9 Å². The van der Waals surface area contributed by atoms with Crippen LogP contribution in [0, 0.1) is 0 Å². The molecular formula is C21H25N3O3. The molecule has 1 saturated heterocycles. The number of carbonyl (C=O) groups excluding carboxylic acids is 1. The SMILES string of the molecule is COc1ccc(COc2ncccc2N2CCC(=O)/C(=C/N(C)C)C2)cc1. The van der Waals surface area contributed by atoms with Crippen molar-refractivity contribution in [3.05, 3.63) is 59.9 Å². The highest BCUT2D eigenvalue weighted by atomic mass is 16.5. The largest absolute Gasteiger partial charge is 0.497 e. The molecule has 0 saturated carbocycles. The van der Waals surface area contributed by atoms with Gasteiger partial charge in [-0.2, -0.15) is 0 Å². The smallest absolute Gasteiger partial charge is 0.237 e. The molecule has 2 aromatic rings. The maximum absolute atomic E-state index is 12.2. The van der Waals surface area contributed by atoms with Gasteiger partial charge in [0.15, 0.2) is 5.78 Å². The molecule has 3 rings (SSSR count). The lowest BCUT2D eigenvalue weighted by Gasteiger charge is -2.31. The van der Waals surface area contributed by atoms with E-state index in [1.807, 2.05) is 61.6 Å². The number of benzene rings is 1. The fourth-order valence-corrected chi connectivity index (χ4v) is 3.01. The fourth-order valence-electron chi connectivity index (χ4n) is 3.01. The van der Waals surface area contributed by atoms with Gasteiger partial charge in [-0.1, -0.05) is 12.1 Å². The molecule has 0 radical (unpaired) electrons. The van der Waals surface area contributed by atoms with Crippen molar-refractivity contribution in [2.75, 3.05) is 39.2 Å². The van der Waals surface area contributed by atoms with Gasteiger partial charge in [-0.3, -0.25) is 4.79 Å². The van der Waals surface area contributed by atoms with Crippen LogP contribution >= 0.6 is 0 Å². The Labute approximate surface area is 160 Å². The second kappa shape index (κ2) is 8.58. The highest BCUT2D eigenvalue weighted by Crippen LogP contribution is 2.29. The normalized spacial score (nSPS) is 15.7. The van der Waals surface area contributed by atoms with Crippen LogP contribution < -0.4 is 14.4 Å². The third kappa shape index (κ3) is 4.78. The lowest BCUT2D eigenvalue weighted by atomic mass is 10.0. The summed E-state index contributed by atoms with van der Waals surface area (Å²) in [4.78, 5) is 20.6. The summed E-state index contributed by atoms with van der Waals surface area (Å²) in [6.45, 7) is 1.64. The zero-order valence-electron chi connectivity index (χ0n) is 16.0. The number of pyridine rings is 1. The summed E-state index contributed by atoms with van der Waals surface area (Å²) in [6, 6.07) is 11.6. The van der Waals surface area contributed by atoms with E-state index in [4.69, 9.17) is 9.47 Å². The van der Waals surface area contributed by atoms with Gasteiger partial charge in [0.25, 0.3) is 0 Å². The molecule has 0 unspecified atom stereocenters. The van der Waals surface area contributed by atoms with E-state index in [2.05, 4.69) is 9.88 Å². The lowest BCUT2D eigenvalue weighted by molar-refractivity contribution is -0.116. The summed E-state index contributed by atoms with van der Waals surface area (Å²) in [5.74, 6) is 1.59. The van der Waals surface area contributed by atoms with Crippen LogP contribution in [0.4, 0.5) is 5.69 Å². The number of anilines is 1. The van der Waals surface area contributed by atoms with Crippen LogP contribution in [0.15, 0.2) is 54.4 Å². The van der Waals surface area contributed by atoms with Crippen molar-refractivity contribution in [3.8, 4) is 11.6 Å². The minimum Gasteiger partial charge on any atom is -0.497 e. The molecule has 0 aliphatic carbocycles. The van der Waals surface area contributed by atoms with Gasteiger partial charge < -0.3 is 19.3 Å². The van der Waals surface area contributed by atoms with Gasteiger partial charge >= 0.3 is 0 Å². The van der Waals surface area contributed by atoms with E-state index in [0.29, 0.717) is 32.0 Å². The van der Waals surface area contributed by atoms with E-state index in [0.717, 1.165) is 22.6 Å². The van der Waals surface area contributed by atoms with Crippen LogP contribution in [0.5, 0.6) is 11.6 Å². The first-order chi connectivity index (χ1) is 13.1. The lowest BCUT2D eigenvalue weighted by Crippen LogP contribution is -2.36. The van der Waals surface area contributed by atoms with Crippen molar-refractivity contribution < 1.29 is 14.3 Å². The van der Waals surface area contributed by atoms with Crippen molar-refractivity contribution in [3.63, 3.8) is 0 Å². The van der Waals surface area contributed by atoms with E-state index < -0.39 is 0 Å². The van der Waals surface area contributed by atoms with E-state index in [-0.39, 0.29) is 5.78 Å². The Hall–Kier alpha value is -3.02. The number of aromatic nitrogens is 1. The number of methoxy groups -OCH3 is 1. The molecule has 2 heterocycles. The summed E-state index contributed by atoms with van der Waals surface area (Å²) in [7, 11) is 5.49. The second-order valence-electron chi connectivity index (χ2n) is 6.68. The second-order valence-corrected chi connectivity index (χ2v) is 6.68. The van der Waals surface area contributed by atoms with Gasteiger partial charge in [0, 0.05) is 51.6 Å². The fraction of sp³-hybridized carbons (Fsp3) is 0.333. The van der Waals surface area contributed by atoms with E-state index in [9.17, 15) is 4.79 Å². The van der Waals surface area contributed by atoms with Gasteiger partial charge in [-0.25, -0.2) is 4.98 Å². The van der Waals surface area contributed by atoms with Crippen molar-refractivity contribution in [2.45, 2.75) is 13.0 Å². The number of hydrogen-bond donors (Lipinski definition) is 0. The Morgan fingerprint density at radius 2 is 2.00 bits per heavy atom. The average Bonchev–Trinajstić information content (AvgIpc) is 2.68.